The van der Waals surface area contributed by atoms with Crippen molar-refractivity contribution in [3.63, 3.8) is 0 Å². The Morgan fingerprint density at radius 2 is 2.29 bits per heavy atom. The smallest absolute Gasteiger partial charge is 0.319 e. The molecule has 2 rings (SSSR count). The molecule has 0 spiro atoms. The molecule has 1 aromatic rings. The van der Waals surface area contributed by atoms with E-state index in [1.54, 1.807) is 24.3 Å². The molecule has 3 N–H and O–H groups in total. The van der Waals surface area contributed by atoms with Gasteiger partial charge >= 0.3 is 6.03 Å². The number of urea groups is 1. The molecule has 0 heterocycles. The topological polar surface area (TPSA) is 70.6 Å². The monoisotopic (exact) mass is 296 g/mol. The van der Waals surface area contributed by atoms with Crippen molar-refractivity contribution in [3.05, 3.63) is 24.3 Å². The van der Waals surface area contributed by atoms with Gasteiger partial charge in [0, 0.05) is 11.8 Å². The molecule has 1 aromatic carbocycles. The number of halogens is 1. The summed E-state index contributed by atoms with van der Waals surface area (Å²) < 4.78 is 17.2. The van der Waals surface area contributed by atoms with Gasteiger partial charge in [-0.05, 0) is 37.8 Å². The Kier molecular flexibility index (Phi) is 5.01. The van der Waals surface area contributed by atoms with Crippen molar-refractivity contribution in [1.29, 1.82) is 0 Å². The molecule has 0 radical (unpaired) electrons. The number of carbonyl (C=O) groups excluding carboxylic acids is 1. The number of benzene rings is 1. The molecule has 5 nitrogen and oxygen atoms in total. The zero-order chi connectivity index (χ0) is 15.3. The quantitative estimate of drug-likeness (QED) is 0.723. The molecule has 116 valence electrons. The number of nitrogens with one attached hydrogen (secondary N) is 2. The minimum absolute atomic E-state index is 0.0140. The van der Waals surface area contributed by atoms with E-state index < -0.39 is 12.2 Å². The van der Waals surface area contributed by atoms with Gasteiger partial charge in [0.05, 0.1) is 12.1 Å². The average molecular weight is 296 g/mol. The highest BCUT2D eigenvalue weighted by atomic mass is 19.1. The van der Waals surface area contributed by atoms with Crippen molar-refractivity contribution in [2.24, 2.45) is 5.92 Å². The van der Waals surface area contributed by atoms with Crippen LogP contribution in [0.2, 0.25) is 0 Å². The number of ether oxygens (including phenoxy) is 1. The van der Waals surface area contributed by atoms with Gasteiger partial charge in [-0.1, -0.05) is 6.07 Å². The lowest BCUT2D eigenvalue weighted by atomic mass is 9.97. The normalized spacial score (nSPS) is 16.9. The van der Waals surface area contributed by atoms with Gasteiger partial charge in [0.2, 0.25) is 0 Å². The molecule has 1 aliphatic carbocycles. The van der Waals surface area contributed by atoms with E-state index in [4.69, 9.17) is 4.74 Å². The van der Waals surface area contributed by atoms with E-state index in [0.29, 0.717) is 17.4 Å². The molecule has 2 amide bonds. The molecule has 0 aliphatic heterocycles. The van der Waals surface area contributed by atoms with Gasteiger partial charge in [-0.2, -0.15) is 0 Å². The van der Waals surface area contributed by atoms with Crippen LogP contribution in [-0.4, -0.2) is 36.6 Å². The minimum Gasteiger partial charge on any atom is -0.491 e. The predicted molar refractivity (Wildman–Crippen MR) is 78.3 cm³/mol. The van der Waals surface area contributed by atoms with Gasteiger partial charge in [-0.25, -0.2) is 9.18 Å². The fourth-order valence-corrected chi connectivity index (χ4v) is 2.23. The van der Waals surface area contributed by atoms with Crippen molar-refractivity contribution in [1.82, 2.24) is 5.32 Å². The molecule has 0 saturated heterocycles. The van der Waals surface area contributed by atoms with Crippen molar-refractivity contribution in [3.8, 4) is 5.75 Å². The lowest BCUT2D eigenvalue weighted by Gasteiger charge is -2.28. The number of aliphatic hydroxyl groups excluding tert-OH is 1. The Morgan fingerprint density at radius 3 is 2.90 bits per heavy atom. The first kappa shape index (κ1) is 15.6. The van der Waals surface area contributed by atoms with Crippen LogP contribution in [0.15, 0.2) is 24.3 Å². The van der Waals surface area contributed by atoms with Crippen molar-refractivity contribution >= 4 is 11.7 Å². The number of anilines is 1. The first-order valence-corrected chi connectivity index (χ1v) is 7.06. The van der Waals surface area contributed by atoms with Crippen LogP contribution < -0.4 is 15.4 Å². The van der Waals surface area contributed by atoms with E-state index in [9.17, 15) is 14.3 Å². The van der Waals surface area contributed by atoms with Crippen molar-refractivity contribution in [2.45, 2.75) is 25.3 Å². The Bertz CT molecular complexity index is 494. The Morgan fingerprint density at radius 1 is 1.52 bits per heavy atom. The summed E-state index contributed by atoms with van der Waals surface area (Å²) in [7, 11) is 0. The van der Waals surface area contributed by atoms with Crippen molar-refractivity contribution in [2.75, 3.05) is 25.2 Å². The molecule has 21 heavy (non-hydrogen) atoms. The second-order valence-electron chi connectivity index (χ2n) is 5.49. The summed E-state index contributed by atoms with van der Waals surface area (Å²) in [5.74, 6) is 0.824. The van der Waals surface area contributed by atoms with Crippen LogP contribution in [0.25, 0.3) is 0 Å². The summed E-state index contributed by atoms with van der Waals surface area (Å²) in [6.07, 6.45) is 2.04. The first-order chi connectivity index (χ1) is 10.1. The number of rotatable bonds is 7. The van der Waals surface area contributed by atoms with Crippen LogP contribution in [0.1, 0.15) is 19.8 Å². The van der Waals surface area contributed by atoms with Crippen LogP contribution in [-0.2, 0) is 0 Å². The van der Waals surface area contributed by atoms with Crippen LogP contribution in [0, 0.1) is 5.92 Å². The van der Waals surface area contributed by atoms with Gasteiger partial charge in [0.1, 0.15) is 19.0 Å². The van der Waals surface area contributed by atoms with E-state index in [1.807, 2.05) is 6.92 Å². The highest BCUT2D eigenvalue weighted by Gasteiger charge is 2.42. The number of hydrogen-bond donors (Lipinski definition) is 3. The van der Waals surface area contributed by atoms with Gasteiger partial charge < -0.3 is 20.5 Å². The fraction of sp³-hybridized carbons (Fsp3) is 0.533. The molecular formula is C15H21FN2O3. The maximum atomic E-state index is 12.1. The first-order valence-electron chi connectivity index (χ1n) is 7.06. The fourth-order valence-electron chi connectivity index (χ4n) is 2.23. The zero-order valence-electron chi connectivity index (χ0n) is 12.1. The van der Waals surface area contributed by atoms with Crippen LogP contribution >= 0.6 is 0 Å². The second-order valence-corrected chi connectivity index (χ2v) is 5.49. The maximum Gasteiger partial charge on any atom is 0.319 e. The molecule has 0 bridgehead atoms. The van der Waals surface area contributed by atoms with Crippen LogP contribution in [0.4, 0.5) is 14.9 Å². The summed E-state index contributed by atoms with van der Waals surface area (Å²) in [6, 6.07) is 6.38. The molecular weight excluding hydrogens is 275 g/mol. The van der Waals surface area contributed by atoms with Gasteiger partial charge in [-0.3, -0.25) is 0 Å². The molecule has 1 atom stereocenters. The SMILES string of the molecule is CC(CO)(NC(=O)Nc1cccc(OCCF)c1)C1CC1. The zero-order valence-corrected chi connectivity index (χ0v) is 12.1. The lowest BCUT2D eigenvalue weighted by Crippen LogP contribution is -2.52. The van der Waals surface area contributed by atoms with Crippen molar-refractivity contribution < 1.29 is 19.0 Å². The summed E-state index contributed by atoms with van der Waals surface area (Å²) in [5, 5.41) is 15.0. The average Bonchev–Trinajstić information content (AvgIpc) is 3.30. The van der Waals surface area contributed by atoms with Crippen LogP contribution in [0.5, 0.6) is 5.75 Å². The van der Waals surface area contributed by atoms with Gasteiger partial charge in [0.25, 0.3) is 0 Å². The molecule has 1 fully saturated rings. The third-order valence-corrected chi connectivity index (χ3v) is 3.64. The third kappa shape index (κ3) is 4.32. The third-order valence-electron chi connectivity index (χ3n) is 3.64. The number of amides is 2. The van der Waals surface area contributed by atoms with E-state index in [-0.39, 0.29) is 19.2 Å². The summed E-state index contributed by atoms with van der Waals surface area (Å²) in [4.78, 5) is 12.0. The number of aliphatic hydroxyl groups is 1. The standard InChI is InChI=1S/C15H21FN2O3/c1-15(10-19,11-5-6-11)18-14(20)17-12-3-2-4-13(9-12)21-8-7-16/h2-4,9,11,19H,5-8,10H2,1H3,(H2,17,18,20). The minimum atomic E-state index is -0.591. The second kappa shape index (κ2) is 6.76. The highest BCUT2D eigenvalue weighted by Crippen LogP contribution is 2.39. The molecule has 1 saturated carbocycles. The maximum absolute atomic E-state index is 12.1. The van der Waals surface area contributed by atoms with Gasteiger partial charge in [-0.15, -0.1) is 0 Å². The summed E-state index contributed by atoms with van der Waals surface area (Å²) in [6.45, 7) is 1.17. The lowest BCUT2D eigenvalue weighted by molar-refractivity contribution is 0.159. The number of carbonyl (C=O) groups is 1. The molecule has 1 unspecified atom stereocenters. The molecule has 0 aromatic heterocycles. The Labute approximate surface area is 123 Å². The molecule has 1 aliphatic rings. The summed E-state index contributed by atoms with van der Waals surface area (Å²) >= 11 is 0. The predicted octanol–water partition coefficient (Wildman–Crippen LogP) is 2.32. The number of hydrogen-bond acceptors (Lipinski definition) is 3. The Hall–Kier alpha value is -1.82. The molecule has 6 heteroatoms. The van der Waals surface area contributed by atoms with E-state index >= 15 is 0 Å². The van der Waals surface area contributed by atoms with Gasteiger partial charge in [0.15, 0.2) is 0 Å². The van der Waals surface area contributed by atoms with E-state index in [1.165, 1.54) is 0 Å². The number of alkyl halides is 1. The van der Waals surface area contributed by atoms with E-state index in [0.717, 1.165) is 12.8 Å². The van der Waals surface area contributed by atoms with E-state index in [2.05, 4.69) is 10.6 Å². The largest absolute Gasteiger partial charge is 0.491 e. The Balaban J connectivity index is 1.92. The van der Waals surface area contributed by atoms with Crippen LogP contribution in [0.3, 0.4) is 0 Å². The summed E-state index contributed by atoms with van der Waals surface area (Å²) in [5.41, 5.74) is -0.0353. The highest BCUT2D eigenvalue weighted by molar-refractivity contribution is 5.90.